The van der Waals surface area contributed by atoms with Gasteiger partial charge in [-0.15, -0.1) is 0 Å². The normalized spacial score (nSPS) is 12.0. The smallest absolute Gasteiger partial charge is 0.184 e. The summed E-state index contributed by atoms with van der Waals surface area (Å²) < 4.78 is 0. The summed E-state index contributed by atoms with van der Waals surface area (Å²) in [5.41, 5.74) is 1.82. The number of hydrogen-bond donors (Lipinski definition) is 1. The van der Waals surface area contributed by atoms with Gasteiger partial charge in [0.05, 0.1) is 6.04 Å². The van der Waals surface area contributed by atoms with E-state index in [1.807, 2.05) is 60.7 Å². The van der Waals surface area contributed by atoms with E-state index >= 15 is 0 Å². The number of hydrogen-bond acceptors (Lipinski definition) is 2. The number of carbonyl (C=O) groups is 1. The van der Waals surface area contributed by atoms with Crippen molar-refractivity contribution < 1.29 is 4.79 Å². The summed E-state index contributed by atoms with van der Waals surface area (Å²) in [6.45, 7) is 3.15. The van der Waals surface area contributed by atoms with Crippen LogP contribution in [0.5, 0.6) is 0 Å². The summed E-state index contributed by atoms with van der Waals surface area (Å²) in [5.74, 6) is 0.152. The van der Waals surface area contributed by atoms with Crippen molar-refractivity contribution in [3.8, 4) is 0 Å². The van der Waals surface area contributed by atoms with Crippen LogP contribution in [0.15, 0.2) is 60.7 Å². The van der Waals surface area contributed by atoms with E-state index in [1.165, 1.54) is 57.8 Å². The Morgan fingerprint density at radius 2 is 1.21 bits per heavy atom. The van der Waals surface area contributed by atoms with Gasteiger partial charge in [-0.2, -0.15) is 0 Å². The molecule has 0 aliphatic rings. The predicted octanol–water partition coefficient (Wildman–Crippen LogP) is 7.12. The molecule has 0 heterocycles. The summed E-state index contributed by atoms with van der Waals surface area (Å²) in [7, 11) is 0. The van der Waals surface area contributed by atoms with Gasteiger partial charge < -0.3 is 5.32 Å². The monoisotopic (exact) mass is 379 g/mol. The lowest BCUT2D eigenvalue weighted by Gasteiger charge is -2.18. The van der Waals surface area contributed by atoms with E-state index in [9.17, 15) is 4.79 Å². The van der Waals surface area contributed by atoms with Crippen molar-refractivity contribution in [1.82, 2.24) is 5.32 Å². The van der Waals surface area contributed by atoms with E-state index in [-0.39, 0.29) is 11.8 Å². The van der Waals surface area contributed by atoms with Crippen LogP contribution in [0.2, 0.25) is 0 Å². The van der Waals surface area contributed by atoms with Gasteiger partial charge in [0.25, 0.3) is 0 Å². The number of carbonyl (C=O) groups excluding carboxylic acids is 1. The summed E-state index contributed by atoms with van der Waals surface area (Å²) in [4.78, 5) is 13.0. The Morgan fingerprint density at radius 3 is 1.79 bits per heavy atom. The first kappa shape index (κ1) is 22.4. The summed E-state index contributed by atoms with van der Waals surface area (Å²) >= 11 is 0. The maximum Gasteiger partial charge on any atom is 0.184 e. The number of ketones is 1. The standard InChI is InChI=1S/C26H37NO/c1-2-3-4-5-6-7-8-9-10-17-22-27-25(23-18-13-11-14-19-23)26(28)24-20-15-12-16-21-24/h11-16,18-21,25,27H,2-10,17,22H2,1H3/t25-/m0/s1. The van der Waals surface area contributed by atoms with E-state index in [1.54, 1.807) is 0 Å². The zero-order chi connectivity index (χ0) is 19.9. The molecule has 1 N–H and O–H groups in total. The summed E-state index contributed by atoms with van der Waals surface area (Å²) in [6.07, 6.45) is 13.3. The molecular formula is C26H37NO. The maximum absolute atomic E-state index is 13.0. The molecule has 28 heavy (non-hydrogen) atoms. The number of nitrogens with one attached hydrogen (secondary N) is 1. The molecule has 2 aromatic carbocycles. The minimum atomic E-state index is -0.262. The van der Waals surface area contributed by atoms with E-state index in [0.717, 1.165) is 24.1 Å². The van der Waals surface area contributed by atoms with Crippen LogP contribution in [0.4, 0.5) is 0 Å². The van der Waals surface area contributed by atoms with Gasteiger partial charge in [0.2, 0.25) is 0 Å². The second-order valence-corrected chi connectivity index (χ2v) is 7.71. The van der Waals surface area contributed by atoms with Gasteiger partial charge in [0.15, 0.2) is 5.78 Å². The largest absolute Gasteiger partial charge is 0.303 e. The Kier molecular flexibility index (Phi) is 11.3. The molecule has 2 heteroatoms. The second-order valence-electron chi connectivity index (χ2n) is 7.71. The molecule has 2 nitrogen and oxygen atoms in total. The van der Waals surface area contributed by atoms with Gasteiger partial charge in [-0.1, -0.05) is 125 Å². The molecule has 0 unspecified atom stereocenters. The van der Waals surface area contributed by atoms with Crippen LogP contribution in [0, 0.1) is 0 Å². The molecule has 0 saturated heterocycles. The molecule has 2 rings (SSSR count). The first-order valence-corrected chi connectivity index (χ1v) is 11.2. The zero-order valence-electron chi connectivity index (χ0n) is 17.5. The minimum Gasteiger partial charge on any atom is -0.303 e. The lowest BCUT2D eigenvalue weighted by Crippen LogP contribution is -2.29. The van der Waals surface area contributed by atoms with E-state index < -0.39 is 0 Å². The quantitative estimate of drug-likeness (QED) is 0.263. The Balaban J connectivity index is 1.71. The van der Waals surface area contributed by atoms with E-state index in [4.69, 9.17) is 0 Å². The van der Waals surface area contributed by atoms with Crippen LogP contribution in [0.3, 0.4) is 0 Å². The van der Waals surface area contributed by atoms with Crippen molar-refractivity contribution >= 4 is 5.78 Å². The highest BCUT2D eigenvalue weighted by atomic mass is 16.1. The Morgan fingerprint density at radius 1 is 0.714 bits per heavy atom. The maximum atomic E-state index is 13.0. The lowest BCUT2D eigenvalue weighted by molar-refractivity contribution is 0.0942. The molecule has 152 valence electrons. The molecule has 0 fully saturated rings. The van der Waals surface area contributed by atoms with Crippen molar-refractivity contribution in [1.29, 1.82) is 0 Å². The highest BCUT2D eigenvalue weighted by Gasteiger charge is 2.20. The fourth-order valence-electron chi connectivity index (χ4n) is 3.64. The molecule has 0 radical (unpaired) electrons. The first-order valence-electron chi connectivity index (χ1n) is 11.2. The van der Waals surface area contributed by atoms with E-state index in [0.29, 0.717) is 0 Å². The van der Waals surface area contributed by atoms with Crippen LogP contribution in [0.1, 0.15) is 93.1 Å². The average molecular weight is 380 g/mol. The number of Topliss-reactive ketones (excluding diaryl/α,β-unsaturated/α-hetero) is 1. The van der Waals surface area contributed by atoms with Gasteiger partial charge >= 0.3 is 0 Å². The second kappa shape index (κ2) is 14.1. The van der Waals surface area contributed by atoms with Gasteiger partial charge in [-0.05, 0) is 18.5 Å². The fourth-order valence-corrected chi connectivity index (χ4v) is 3.64. The predicted molar refractivity (Wildman–Crippen MR) is 120 cm³/mol. The molecule has 0 aliphatic heterocycles. The highest BCUT2D eigenvalue weighted by Crippen LogP contribution is 2.19. The van der Waals surface area contributed by atoms with Crippen molar-refractivity contribution in [2.24, 2.45) is 0 Å². The van der Waals surface area contributed by atoms with Crippen molar-refractivity contribution in [2.75, 3.05) is 6.54 Å². The zero-order valence-corrected chi connectivity index (χ0v) is 17.5. The Bertz CT molecular complexity index is 638. The van der Waals surface area contributed by atoms with Gasteiger partial charge in [0, 0.05) is 5.56 Å². The molecular weight excluding hydrogens is 342 g/mol. The molecule has 0 aliphatic carbocycles. The average Bonchev–Trinajstić information content (AvgIpc) is 2.75. The Hall–Kier alpha value is -1.93. The van der Waals surface area contributed by atoms with Crippen LogP contribution in [-0.2, 0) is 0 Å². The lowest BCUT2D eigenvalue weighted by atomic mass is 9.97. The molecule has 2 aromatic rings. The molecule has 1 atom stereocenters. The van der Waals surface area contributed by atoms with Gasteiger partial charge in [0.1, 0.15) is 0 Å². The molecule has 0 bridgehead atoms. The third kappa shape index (κ3) is 8.39. The van der Waals surface area contributed by atoms with Gasteiger partial charge in [-0.25, -0.2) is 0 Å². The van der Waals surface area contributed by atoms with Crippen LogP contribution in [-0.4, -0.2) is 12.3 Å². The van der Waals surface area contributed by atoms with Gasteiger partial charge in [-0.3, -0.25) is 4.79 Å². The number of rotatable bonds is 15. The fraction of sp³-hybridized carbons (Fsp3) is 0.500. The molecule has 0 spiro atoms. The number of unbranched alkanes of at least 4 members (excludes halogenated alkanes) is 9. The third-order valence-corrected chi connectivity index (χ3v) is 5.33. The number of benzene rings is 2. The minimum absolute atomic E-state index is 0.152. The van der Waals surface area contributed by atoms with Crippen LogP contribution >= 0.6 is 0 Å². The first-order chi connectivity index (χ1) is 13.8. The van der Waals surface area contributed by atoms with Crippen molar-refractivity contribution in [2.45, 2.75) is 77.2 Å². The van der Waals surface area contributed by atoms with Crippen LogP contribution in [0.25, 0.3) is 0 Å². The Labute approximate surface area is 171 Å². The third-order valence-electron chi connectivity index (χ3n) is 5.33. The SMILES string of the molecule is CCCCCCCCCCCCN[C@H](C(=O)c1ccccc1)c1ccccc1. The molecule has 0 aromatic heterocycles. The van der Waals surface area contributed by atoms with Crippen molar-refractivity contribution in [3.63, 3.8) is 0 Å². The molecule has 0 saturated carbocycles. The molecule has 0 amide bonds. The van der Waals surface area contributed by atoms with E-state index in [2.05, 4.69) is 12.2 Å². The highest BCUT2D eigenvalue weighted by molar-refractivity contribution is 6.00. The topological polar surface area (TPSA) is 29.1 Å². The van der Waals surface area contributed by atoms with Crippen molar-refractivity contribution in [3.05, 3.63) is 71.8 Å². The summed E-state index contributed by atoms with van der Waals surface area (Å²) in [6, 6.07) is 19.4. The van der Waals surface area contributed by atoms with Crippen LogP contribution < -0.4 is 5.32 Å². The summed E-state index contributed by atoms with van der Waals surface area (Å²) in [5, 5.41) is 3.51.